The Morgan fingerprint density at radius 1 is 1.31 bits per heavy atom. The van der Waals surface area contributed by atoms with E-state index in [-0.39, 0.29) is 11.5 Å². The van der Waals surface area contributed by atoms with E-state index in [1.165, 1.54) is 0 Å². The fourth-order valence-electron chi connectivity index (χ4n) is 2.56. The lowest BCUT2D eigenvalue weighted by atomic mass is 10.0. The zero-order chi connectivity index (χ0) is 19.1. The lowest BCUT2D eigenvalue weighted by Crippen LogP contribution is -2.27. The van der Waals surface area contributed by atoms with Gasteiger partial charge in [0.1, 0.15) is 17.9 Å². The highest BCUT2D eigenvalue weighted by Crippen LogP contribution is 2.22. The van der Waals surface area contributed by atoms with Crippen LogP contribution in [0.5, 0.6) is 0 Å². The number of pyridine rings is 1. The number of benzene rings is 1. The summed E-state index contributed by atoms with van der Waals surface area (Å²) in [6, 6.07) is 10.5. The molecule has 2 atom stereocenters. The van der Waals surface area contributed by atoms with E-state index in [9.17, 15) is 9.59 Å². The second-order valence-corrected chi connectivity index (χ2v) is 6.41. The molecule has 0 saturated carbocycles. The molecule has 7 heteroatoms. The summed E-state index contributed by atoms with van der Waals surface area (Å²) in [6.07, 6.45) is 1.43. The normalized spacial score (nSPS) is 12.9. The van der Waals surface area contributed by atoms with E-state index in [0.29, 0.717) is 24.6 Å². The molecular weight excluding hydrogens is 330 g/mol. The van der Waals surface area contributed by atoms with Gasteiger partial charge in [0, 0.05) is 5.69 Å². The summed E-state index contributed by atoms with van der Waals surface area (Å²) in [6.45, 7) is 4.45. The number of amides is 1. The molecule has 2 rings (SSSR count). The van der Waals surface area contributed by atoms with Gasteiger partial charge in [-0.25, -0.2) is 4.98 Å². The Kier molecular flexibility index (Phi) is 6.68. The van der Waals surface area contributed by atoms with E-state index < -0.39 is 11.9 Å². The molecule has 0 saturated heterocycles. The SMILES string of the molecule is Cc1cccc(Nc2nc(NC(C=O)CC(C)CN)ccc2C(N)=O)c1. The smallest absolute Gasteiger partial charge is 0.252 e. The van der Waals surface area contributed by atoms with Gasteiger partial charge in [0.25, 0.3) is 5.91 Å². The van der Waals surface area contributed by atoms with Gasteiger partial charge < -0.3 is 26.9 Å². The maximum absolute atomic E-state index is 11.7. The third-order valence-electron chi connectivity index (χ3n) is 4.00. The fourth-order valence-corrected chi connectivity index (χ4v) is 2.56. The number of hydrogen-bond acceptors (Lipinski definition) is 6. The summed E-state index contributed by atoms with van der Waals surface area (Å²) in [5.41, 5.74) is 13.2. The molecular formula is C19H25N5O2. The zero-order valence-electron chi connectivity index (χ0n) is 15.0. The van der Waals surface area contributed by atoms with Crippen LogP contribution >= 0.6 is 0 Å². The first-order valence-electron chi connectivity index (χ1n) is 8.49. The van der Waals surface area contributed by atoms with Gasteiger partial charge in [-0.05, 0) is 55.6 Å². The zero-order valence-corrected chi connectivity index (χ0v) is 15.0. The number of rotatable bonds is 9. The van der Waals surface area contributed by atoms with Crippen LogP contribution in [-0.2, 0) is 4.79 Å². The van der Waals surface area contributed by atoms with Crippen molar-refractivity contribution in [3.05, 3.63) is 47.5 Å². The average Bonchev–Trinajstić information content (AvgIpc) is 2.61. The average molecular weight is 355 g/mol. The highest BCUT2D eigenvalue weighted by Gasteiger charge is 2.15. The third-order valence-corrected chi connectivity index (χ3v) is 4.00. The van der Waals surface area contributed by atoms with E-state index in [1.807, 2.05) is 38.1 Å². The first-order chi connectivity index (χ1) is 12.4. The predicted molar refractivity (Wildman–Crippen MR) is 104 cm³/mol. The molecule has 6 N–H and O–H groups in total. The molecule has 2 unspecified atom stereocenters. The number of carbonyl (C=O) groups excluding carboxylic acids is 2. The number of carbonyl (C=O) groups is 2. The van der Waals surface area contributed by atoms with Gasteiger partial charge in [0.05, 0.1) is 11.6 Å². The van der Waals surface area contributed by atoms with Gasteiger partial charge in [0.15, 0.2) is 0 Å². The van der Waals surface area contributed by atoms with Crippen LogP contribution in [0.15, 0.2) is 36.4 Å². The molecule has 1 aromatic heterocycles. The van der Waals surface area contributed by atoms with Gasteiger partial charge in [-0.2, -0.15) is 0 Å². The summed E-state index contributed by atoms with van der Waals surface area (Å²) in [7, 11) is 0. The Morgan fingerprint density at radius 3 is 2.69 bits per heavy atom. The Morgan fingerprint density at radius 2 is 2.08 bits per heavy atom. The lowest BCUT2D eigenvalue weighted by Gasteiger charge is -2.18. The van der Waals surface area contributed by atoms with Crippen LogP contribution in [0, 0.1) is 12.8 Å². The Balaban J connectivity index is 2.26. The Hall–Kier alpha value is -2.93. The molecule has 0 aliphatic heterocycles. The van der Waals surface area contributed by atoms with Crippen LogP contribution in [0.2, 0.25) is 0 Å². The summed E-state index contributed by atoms with van der Waals surface area (Å²) < 4.78 is 0. The van der Waals surface area contributed by atoms with Crippen molar-refractivity contribution in [1.82, 2.24) is 4.98 Å². The largest absolute Gasteiger partial charge is 0.365 e. The molecule has 0 spiro atoms. The van der Waals surface area contributed by atoms with E-state index in [1.54, 1.807) is 12.1 Å². The molecule has 7 nitrogen and oxygen atoms in total. The number of aromatic nitrogens is 1. The molecule has 1 heterocycles. The Bertz CT molecular complexity index is 778. The molecule has 26 heavy (non-hydrogen) atoms. The number of anilines is 3. The van der Waals surface area contributed by atoms with Crippen molar-refractivity contribution in [3.63, 3.8) is 0 Å². The molecule has 1 amide bonds. The molecule has 138 valence electrons. The quantitative estimate of drug-likeness (QED) is 0.511. The lowest BCUT2D eigenvalue weighted by molar-refractivity contribution is -0.108. The number of hydrogen-bond donors (Lipinski definition) is 4. The van der Waals surface area contributed by atoms with E-state index in [0.717, 1.165) is 17.5 Å². The number of aryl methyl sites for hydroxylation is 1. The van der Waals surface area contributed by atoms with Crippen LogP contribution in [0.4, 0.5) is 17.3 Å². The molecule has 0 radical (unpaired) electrons. The number of nitrogens with zero attached hydrogens (tertiary/aromatic N) is 1. The molecule has 0 fully saturated rings. The highest BCUT2D eigenvalue weighted by atomic mass is 16.1. The molecule has 0 aliphatic carbocycles. The number of primary amides is 1. The summed E-state index contributed by atoms with van der Waals surface area (Å²) in [4.78, 5) is 27.5. The van der Waals surface area contributed by atoms with Crippen molar-refractivity contribution < 1.29 is 9.59 Å². The van der Waals surface area contributed by atoms with Crippen LogP contribution in [0.25, 0.3) is 0 Å². The van der Waals surface area contributed by atoms with Gasteiger partial charge in [0.2, 0.25) is 0 Å². The molecule has 0 aliphatic rings. The minimum Gasteiger partial charge on any atom is -0.365 e. The van der Waals surface area contributed by atoms with Gasteiger partial charge in [-0.1, -0.05) is 19.1 Å². The standard InChI is InChI=1S/C19H25N5O2/c1-12-4-3-5-14(8-12)23-19-16(18(21)26)6-7-17(24-19)22-15(11-25)9-13(2)10-20/h3-8,11,13,15H,9-10,20H2,1-2H3,(H2,21,26)(H2,22,23,24). The fraction of sp³-hybridized carbons (Fsp3) is 0.316. The van der Waals surface area contributed by atoms with Crippen molar-refractivity contribution in [1.29, 1.82) is 0 Å². The second kappa shape index (κ2) is 8.96. The van der Waals surface area contributed by atoms with Gasteiger partial charge in [-0.3, -0.25) is 4.79 Å². The maximum atomic E-state index is 11.7. The first kappa shape index (κ1) is 19.4. The molecule has 1 aromatic carbocycles. The van der Waals surface area contributed by atoms with Crippen LogP contribution in [0.3, 0.4) is 0 Å². The van der Waals surface area contributed by atoms with Gasteiger partial charge >= 0.3 is 0 Å². The van der Waals surface area contributed by atoms with Crippen molar-refractivity contribution in [2.45, 2.75) is 26.3 Å². The summed E-state index contributed by atoms with van der Waals surface area (Å²) >= 11 is 0. The number of nitrogens with two attached hydrogens (primary N) is 2. The number of nitrogens with one attached hydrogen (secondary N) is 2. The number of aldehydes is 1. The molecule has 2 aromatic rings. The molecule has 0 bridgehead atoms. The van der Waals surface area contributed by atoms with Crippen molar-refractivity contribution in [2.24, 2.45) is 17.4 Å². The third kappa shape index (κ3) is 5.29. The van der Waals surface area contributed by atoms with E-state index in [4.69, 9.17) is 11.5 Å². The van der Waals surface area contributed by atoms with Crippen LogP contribution < -0.4 is 22.1 Å². The van der Waals surface area contributed by atoms with E-state index in [2.05, 4.69) is 15.6 Å². The Labute approximate surface area is 153 Å². The van der Waals surface area contributed by atoms with Gasteiger partial charge in [-0.15, -0.1) is 0 Å². The maximum Gasteiger partial charge on any atom is 0.252 e. The van der Waals surface area contributed by atoms with E-state index >= 15 is 0 Å². The summed E-state index contributed by atoms with van der Waals surface area (Å²) in [5.74, 6) is 0.437. The highest BCUT2D eigenvalue weighted by molar-refractivity contribution is 5.98. The second-order valence-electron chi connectivity index (χ2n) is 6.41. The minimum atomic E-state index is -0.581. The van der Waals surface area contributed by atoms with Crippen LogP contribution in [0.1, 0.15) is 29.3 Å². The monoisotopic (exact) mass is 355 g/mol. The van der Waals surface area contributed by atoms with Crippen molar-refractivity contribution in [3.8, 4) is 0 Å². The van der Waals surface area contributed by atoms with Crippen molar-refractivity contribution in [2.75, 3.05) is 17.2 Å². The summed E-state index contributed by atoms with van der Waals surface area (Å²) in [5, 5.41) is 6.19. The van der Waals surface area contributed by atoms with Crippen LogP contribution in [-0.4, -0.2) is 29.8 Å². The first-order valence-corrected chi connectivity index (χ1v) is 8.49. The van der Waals surface area contributed by atoms with Crippen molar-refractivity contribution >= 4 is 29.5 Å². The predicted octanol–water partition coefficient (Wildman–Crippen LogP) is 2.20. The topological polar surface area (TPSA) is 123 Å². The minimum absolute atomic E-state index is 0.201.